The van der Waals surface area contributed by atoms with Crippen LogP contribution in [-0.4, -0.2) is 38.6 Å². The van der Waals surface area contributed by atoms with Gasteiger partial charge in [-0.2, -0.15) is 12.8 Å². The first-order chi connectivity index (χ1) is 12.9. The molecule has 1 aromatic heterocycles. The Kier molecular flexibility index (Phi) is 5.93. The number of rotatable bonds is 6. The van der Waals surface area contributed by atoms with Gasteiger partial charge in [-0.15, -0.1) is 23.1 Å². The topological polar surface area (TPSA) is 92.7 Å². The van der Waals surface area contributed by atoms with Crippen LogP contribution in [0.5, 0.6) is 0 Å². The van der Waals surface area contributed by atoms with Crippen LogP contribution in [0.15, 0.2) is 61.4 Å². The molecule has 1 N–H and O–H groups in total. The Balaban J connectivity index is 1.98. The third-order valence-electron chi connectivity index (χ3n) is 3.77. The fourth-order valence-corrected chi connectivity index (χ4v) is 5.36. The second-order valence-electron chi connectivity index (χ2n) is 5.54. The molecule has 3 rings (SSSR count). The number of nitrogens with zero attached hydrogens (tertiary/aromatic N) is 1. The Morgan fingerprint density at radius 3 is 2.59 bits per heavy atom. The standard InChI is InChI=1S/C18H16N2O4S3/c1-19-16(21)8-10-25-15-11-14(12-5-2-3-6-13(12)18(15)22)20-27(23,24)17-7-4-9-26-17/h2-7,9,11H,8,10H2,1H3,(H,19,21)/b20-14-. The van der Waals surface area contributed by atoms with Gasteiger partial charge in [0.2, 0.25) is 5.91 Å². The first-order valence-electron chi connectivity index (χ1n) is 8.00. The van der Waals surface area contributed by atoms with Crippen molar-refractivity contribution >= 4 is 50.5 Å². The van der Waals surface area contributed by atoms with Crippen LogP contribution in [0.1, 0.15) is 22.3 Å². The van der Waals surface area contributed by atoms with Crippen LogP contribution in [-0.2, 0) is 14.8 Å². The van der Waals surface area contributed by atoms with Gasteiger partial charge < -0.3 is 5.32 Å². The molecule has 0 saturated heterocycles. The second-order valence-corrected chi connectivity index (χ2v) is 9.45. The van der Waals surface area contributed by atoms with E-state index in [1.807, 2.05) is 0 Å². The average molecular weight is 421 g/mol. The van der Waals surface area contributed by atoms with Crippen LogP contribution in [0.25, 0.3) is 0 Å². The summed E-state index contributed by atoms with van der Waals surface area (Å²) < 4.78 is 29.2. The quantitative estimate of drug-likeness (QED) is 0.776. The van der Waals surface area contributed by atoms with E-state index in [0.717, 1.165) is 11.3 Å². The molecule has 1 aromatic carbocycles. The van der Waals surface area contributed by atoms with E-state index in [0.29, 0.717) is 21.8 Å². The minimum absolute atomic E-state index is 0.124. The van der Waals surface area contributed by atoms with Crippen molar-refractivity contribution < 1.29 is 18.0 Å². The lowest BCUT2D eigenvalue weighted by Crippen LogP contribution is -2.19. The fourth-order valence-electron chi connectivity index (χ4n) is 2.45. The molecule has 0 spiro atoms. The van der Waals surface area contributed by atoms with E-state index in [1.165, 1.54) is 23.9 Å². The molecular weight excluding hydrogens is 404 g/mol. The molecule has 1 aliphatic rings. The van der Waals surface area contributed by atoms with Crippen LogP contribution in [0.3, 0.4) is 0 Å². The van der Waals surface area contributed by atoms with Gasteiger partial charge in [0, 0.05) is 30.3 Å². The van der Waals surface area contributed by atoms with Gasteiger partial charge in [-0.25, -0.2) is 0 Å². The molecule has 0 saturated carbocycles. The molecule has 0 aliphatic heterocycles. The number of hydrogen-bond donors (Lipinski definition) is 1. The number of hydrogen-bond acceptors (Lipinski definition) is 6. The van der Waals surface area contributed by atoms with Crippen molar-refractivity contribution in [2.24, 2.45) is 4.40 Å². The number of sulfonamides is 1. The summed E-state index contributed by atoms with van der Waals surface area (Å²) in [5.41, 5.74) is 1.11. The van der Waals surface area contributed by atoms with E-state index >= 15 is 0 Å². The molecule has 1 aliphatic carbocycles. The number of amides is 1. The molecule has 0 bridgehead atoms. The van der Waals surface area contributed by atoms with Gasteiger partial charge in [0.15, 0.2) is 5.78 Å². The molecule has 2 aromatic rings. The highest BCUT2D eigenvalue weighted by Gasteiger charge is 2.26. The number of ketones is 1. The summed E-state index contributed by atoms with van der Waals surface area (Å²) in [6.07, 6.45) is 1.75. The molecule has 0 unspecified atom stereocenters. The van der Waals surface area contributed by atoms with Gasteiger partial charge in [-0.05, 0) is 17.5 Å². The zero-order valence-corrected chi connectivity index (χ0v) is 16.8. The van der Waals surface area contributed by atoms with Crippen LogP contribution in [0.4, 0.5) is 0 Å². The van der Waals surface area contributed by atoms with E-state index in [1.54, 1.807) is 42.8 Å². The van der Waals surface area contributed by atoms with Crippen LogP contribution < -0.4 is 5.32 Å². The van der Waals surface area contributed by atoms with Crippen molar-refractivity contribution in [3.8, 4) is 0 Å². The first kappa shape index (κ1) is 19.5. The minimum Gasteiger partial charge on any atom is -0.359 e. The van der Waals surface area contributed by atoms with Crippen molar-refractivity contribution in [2.75, 3.05) is 12.8 Å². The Hall–Kier alpha value is -2.23. The SMILES string of the molecule is CNC(=O)CCSC1=C/C(=N/S(=O)(=O)c2cccs2)c2ccccc2C1=O. The Labute approximate surface area is 165 Å². The zero-order valence-electron chi connectivity index (χ0n) is 14.3. The minimum atomic E-state index is -3.86. The molecule has 1 amide bonds. The molecule has 140 valence electrons. The summed E-state index contributed by atoms with van der Waals surface area (Å²) in [5.74, 6) is 0.0885. The van der Waals surface area contributed by atoms with E-state index in [9.17, 15) is 18.0 Å². The number of carbonyl (C=O) groups is 2. The summed E-state index contributed by atoms with van der Waals surface area (Å²) in [4.78, 5) is 24.5. The molecular formula is C18H16N2O4S3. The number of thioether (sulfide) groups is 1. The number of benzene rings is 1. The van der Waals surface area contributed by atoms with Gasteiger partial charge in [0.25, 0.3) is 10.0 Å². The summed E-state index contributed by atoms with van der Waals surface area (Å²) in [6.45, 7) is 0. The molecule has 0 radical (unpaired) electrons. The van der Waals surface area contributed by atoms with Crippen LogP contribution in [0.2, 0.25) is 0 Å². The maximum Gasteiger partial charge on any atom is 0.292 e. The Bertz CT molecular complexity index is 1040. The van der Waals surface area contributed by atoms with E-state index < -0.39 is 10.0 Å². The average Bonchev–Trinajstić information content (AvgIpc) is 3.20. The summed E-state index contributed by atoms with van der Waals surface area (Å²) >= 11 is 2.31. The number of allylic oxidation sites excluding steroid dienone is 2. The monoisotopic (exact) mass is 420 g/mol. The highest BCUT2D eigenvalue weighted by Crippen LogP contribution is 2.30. The number of nitrogens with one attached hydrogen (secondary N) is 1. The van der Waals surface area contributed by atoms with Crippen LogP contribution >= 0.6 is 23.1 Å². The molecule has 0 atom stereocenters. The van der Waals surface area contributed by atoms with Gasteiger partial charge in [-0.1, -0.05) is 30.3 Å². The van der Waals surface area contributed by atoms with E-state index in [2.05, 4.69) is 9.71 Å². The van der Waals surface area contributed by atoms with E-state index in [-0.39, 0.29) is 28.0 Å². The summed E-state index contributed by atoms with van der Waals surface area (Å²) in [5, 5.41) is 4.19. The first-order valence-corrected chi connectivity index (χ1v) is 11.3. The largest absolute Gasteiger partial charge is 0.359 e. The lowest BCUT2D eigenvalue weighted by atomic mass is 9.94. The zero-order chi connectivity index (χ0) is 19.4. The number of Topliss-reactive ketones (excluding diaryl/α,β-unsaturated/α-hetero) is 1. The lowest BCUT2D eigenvalue weighted by molar-refractivity contribution is -0.120. The predicted molar refractivity (Wildman–Crippen MR) is 108 cm³/mol. The highest BCUT2D eigenvalue weighted by atomic mass is 32.2. The second kappa shape index (κ2) is 8.20. The van der Waals surface area contributed by atoms with Gasteiger partial charge >= 0.3 is 0 Å². The third-order valence-corrected chi connectivity index (χ3v) is 7.46. The molecule has 1 heterocycles. The van der Waals surface area contributed by atoms with Crippen molar-refractivity contribution in [1.82, 2.24) is 5.32 Å². The smallest absolute Gasteiger partial charge is 0.292 e. The van der Waals surface area contributed by atoms with Gasteiger partial charge in [0.05, 0.1) is 10.6 Å². The van der Waals surface area contributed by atoms with E-state index in [4.69, 9.17) is 0 Å². The van der Waals surface area contributed by atoms with Crippen molar-refractivity contribution in [2.45, 2.75) is 10.6 Å². The normalized spacial score (nSPS) is 15.4. The maximum atomic E-state index is 12.7. The molecule has 0 fully saturated rings. The third kappa shape index (κ3) is 4.37. The molecule has 6 nitrogen and oxygen atoms in total. The Morgan fingerprint density at radius 2 is 1.93 bits per heavy atom. The summed E-state index contributed by atoms with van der Waals surface area (Å²) in [6, 6.07) is 9.92. The lowest BCUT2D eigenvalue weighted by Gasteiger charge is -2.17. The van der Waals surface area contributed by atoms with Gasteiger partial charge in [-0.3, -0.25) is 9.59 Å². The van der Waals surface area contributed by atoms with Gasteiger partial charge in [0.1, 0.15) is 4.21 Å². The molecule has 9 heteroatoms. The number of thiophene rings is 1. The summed E-state index contributed by atoms with van der Waals surface area (Å²) in [7, 11) is -2.31. The Morgan fingerprint density at radius 1 is 1.19 bits per heavy atom. The number of carbonyl (C=O) groups excluding carboxylic acids is 2. The molecule has 27 heavy (non-hydrogen) atoms. The highest BCUT2D eigenvalue weighted by molar-refractivity contribution is 8.04. The van der Waals surface area contributed by atoms with Crippen molar-refractivity contribution in [3.05, 3.63) is 63.9 Å². The van der Waals surface area contributed by atoms with Crippen molar-refractivity contribution in [3.63, 3.8) is 0 Å². The number of fused-ring (bicyclic) bond motifs is 1. The van der Waals surface area contributed by atoms with Crippen molar-refractivity contribution in [1.29, 1.82) is 0 Å². The maximum absolute atomic E-state index is 12.7. The fraction of sp³-hybridized carbons (Fsp3) is 0.167. The van der Waals surface area contributed by atoms with Crippen LogP contribution in [0, 0.1) is 0 Å². The predicted octanol–water partition coefficient (Wildman–Crippen LogP) is 2.88.